The molecule has 0 aliphatic carbocycles. The number of aromatic nitrogens is 2. The van der Waals surface area contributed by atoms with E-state index in [1.165, 1.54) is 24.3 Å². The Morgan fingerprint density at radius 2 is 1.67 bits per heavy atom. The summed E-state index contributed by atoms with van der Waals surface area (Å²) in [5.74, 6) is -1.96. The Kier molecular flexibility index (Phi) is 6.16. The molecule has 10 heteroatoms. The zero-order chi connectivity index (χ0) is 23.5. The molecule has 1 aliphatic rings. The first-order chi connectivity index (χ1) is 15.8. The Balaban J connectivity index is 1.38. The molecular formula is C23H20FN3O6. The van der Waals surface area contributed by atoms with Gasteiger partial charge in [0.15, 0.2) is 13.2 Å². The predicted molar refractivity (Wildman–Crippen MR) is 110 cm³/mol. The lowest BCUT2D eigenvalue weighted by Crippen LogP contribution is -2.48. The molecular weight excluding hydrogens is 433 g/mol. The second-order valence-corrected chi connectivity index (χ2v) is 7.67. The van der Waals surface area contributed by atoms with Crippen LogP contribution in [-0.2, 0) is 22.7 Å². The quantitative estimate of drug-likeness (QED) is 0.378. The van der Waals surface area contributed by atoms with Crippen LogP contribution >= 0.6 is 0 Å². The maximum Gasteiger partial charge on any atom is 0.330 e. The van der Waals surface area contributed by atoms with Crippen molar-refractivity contribution < 1.29 is 32.8 Å². The van der Waals surface area contributed by atoms with Gasteiger partial charge in [0.05, 0.1) is 11.1 Å². The maximum atomic E-state index is 12.9. The van der Waals surface area contributed by atoms with E-state index < -0.39 is 23.8 Å². The Labute approximate surface area is 188 Å². The zero-order valence-electron chi connectivity index (χ0n) is 17.9. The minimum absolute atomic E-state index is 0.0194. The highest BCUT2D eigenvalue weighted by molar-refractivity contribution is 6.22. The van der Waals surface area contributed by atoms with Gasteiger partial charge in [-0.2, -0.15) is 4.98 Å². The Morgan fingerprint density at radius 3 is 2.27 bits per heavy atom. The predicted octanol–water partition coefficient (Wildman–Crippen LogP) is 3.15. The van der Waals surface area contributed by atoms with Crippen molar-refractivity contribution in [3.63, 3.8) is 0 Å². The van der Waals surface area contributed by atoms with E-state index >= 15 is 0 Å². The molecule has 2 heterocycles. The van der Waals surface area contributed by atoms with Crippen molar-refractivity contribution in [3.8, 4) is 5.75 Å². The molecule has 0 unspecified atom stereocenters. The fourth-order valence-electron chi connectivity index (χ4n) is 3.44. The largest absolute Gasteiger partial charge is 0.485 e. The van der Waals surface area contributed by atoms with E-state index in [2.05, 4.69) is 10.1 Å². The summed E-state index contributed by atoms with van der Waals surface area (Å²) in [4.78, 5) is 43.4. The minimum Gasteiger partial charge on any atom is -0.485 e. The number of ether oxygens (including phenoxy) is 2. The first-order valence-corrected chi connectivity index (χ1v) is 10.2. The number of fused-ring (bicyclic) bond motifs is 1. The SMILES string of the molecule is CC(C)[C@H](C(=O)OCc1nc(COc2ccc(F)cc2)no1)N1C(=O)c2ccccc2C1=O. The van der Waals surface area contributed by atoms with Crippen LogP contribution in [0.25, 0.3) is 0 Å². The van der Waals surface area contributed by atoms with Gasteiger partial charge in [0.25, 0.3) is 17.7 Å². The highest BCUT2D eigenvalue weighted by Crippen LogP contribution is 2.27. The van der Waals surface area contributed by atoms with Gasteiger partial charge >= 0.3 is 5.97 Å². The van der Waals surface area contributed by atoms with Crippen LogP contribution in [0.1, 0.15) is 46.3 Å². The number of amides is 2. The van der Waals surface area contributed by atoms with Crippen molar-refractivity contribution >= 4 is 17.8 Å². The molecule has 3 aromatic rings. The van der Waals surface area contributed by atoms with Gasteiger partial charge in [0.2, 0.25) is 5.82 Å². The molecule has 2 aromatic carbocycles. The normalized spacial score (nSPS) is 13.9. The summed E-state index contributed by atoms with van der Waals surface area (Å²) in [7, 11) is 0. The fourth-order valence-corrected chi connectivity index (χ4v) is 3.44. The number of hydrogen-bond acceptors (Lipinski definition) is 8. The third-order valence-electron chi connectivity index (χ3n) is 5.01. The van der Waals surface area contributed by atoms with Gasteiger partial charge < -0.3 is 14.0 Å². The number of esters is 1. The topological polar surface area (TPSA) is 112 Å². The molecule has 0 radical (unpaired) electrons. The Bertz CT molecular complexity index is 1160. The smallest absolute Gasteiger partial charge is 0.330 e. The van der Waals surface area contributed by atoms with E-state index in [9.17, 15) is 18.8 Å². The monoisotopic (exact) mass is 453 g/mol. The number of halogens is 1. The highest BCUT2D eigenvalue weighted by atomic mass is 19.1. The van der Waals surface area contributed by atoms with E-state index in [-0.39, 0.29) is 47.8 Å². The number of rotatable bonds is 8. The molecule has 33 heavy (non-hydrogen) atoms. The summed E-state index contributed by atoms with van der Waals surface area (Å²) in [5.41, 5.74) is 0.507. The van der Waals surface area contributed by atoms with E-state index in [0.717, 1.165) is 4.90 Å². The summed E-state index contributed by atoms with van der Waals surface area (Å²) < 4.78 is 28.7. The zero-order valence-corrected chi connectivity index (χ0v) is 17.9. The number of carbonyl (C=O) groups excluding carboxylic acids is 3. The van der Waals surface area contributed by atoms with Crippen LogP contribution in [0, 0.1) is 11.7 Å². The Morgan fingerprint density at radius 1 is 1.03 bits per heavy atom. The number of imide groups is 1. The van der Waals surface area contributed by atoms with E-state index in [1.54, 1.807) is 38.1 Å². The molecule has 170 valence electrons. The summed E-state index contributed by atoms with van der Waals surface area (Å²) >= 11 is 0. The van der Waals surface area contributed by atoms with Crippen molar-refractivity contribution in [2.45, 2.75) is 33.1 Å². The van der Waals surface area contributed by atoms with Crippen LogP contribution in [0.4, 0.5) is 4.39 Å². The van der Waals surface area contributed by atoms with Crippen LogP contribution in [0.2, 0.25) is 0 Å². The summed E-state index contributed by atoms with van der Waals surface area (Å²) in [6.07, 6.45) is 0. The van der Waals surface area contributed by atoms with Crippen molar-refractivity contribution in [1.29, 1.82) is 0 Å². The van der Waals surface area contributed by atoms with E-state index in [1.807, 2.05) is 0 Å². The Hall–Kier alpha value is -4.08. The first kappa shape index (κ1) is 22.1. The van der Waals surface area contributed by atoms with Crippen molar-refractivity contribution in [3.05, 3.63) is 77.2 Å². The van der Waals surface area contributed by atoms with Gasteiger partial charge in [0, 0.05) is 0 Å². The number of hydrogen-bond donors (Lipinski definition) is 0. The fraction of sp³-hybridized carbons (Fsp3) is 0.261. The van der Waals surface area contributed by atoms with Crippen molar-refractivity contribution in [2.24, 2.45) is 5.92 Å². The minimum atomic E-state index is -1.11. The van der Waals surface area contributed by atoms with Crippen LogP contribution in [0.15, 0.2) is 53.1 Å². The second-order valence-electron chi connectivity index (χ2n) is 7.67. The van der Waals surface area contributed by atoms with Crippen LogP contribution < -0.4 is 4.74 Å². The lowest BCUT2D eigenvalue weighted by atomic mass is 10.0. The molecule has 1 aliphatic heterocycles. The van der Waals surface area contributed by atoms with Gasteiger partial charge in [-0.3, -0.25) is 14.5 Å². The average Bonchev–Trinajstić information content (AvgIpc) is 3.36. The summed E-state index contributed by atoms with van der Waals surface area (Å²) in [6, 6.07) is 10.7. The van der Waals surface area contributed by atoms with Gasteiger partial charge in [-0.15, -0.1) is 0 Å². The van der Waals surface area contributed by atoms with Crippen molar-refractivity contribution in [2.75, 3.05) is 0 Å². The lowest BCUT2D eigenvalue weighted by molar-refractivity contribution is -0.152. The molecule has 1 aromatic heterocycles. The number of benzene rings is 2. The van der Waals surface area contributed by atoms with Gasteiger partial charge in [-0.25, -0.2) is 9.18 Å². The number of nitrogens with zero attached hydrogens (tertiary/aromatic N) is 3. The standard InChI is InChI=1S/C23H20FN3O6/c1-13(2)20(27-21(28)16-5-3-4-6-17(16)22(27)29)23(30)32-12-19-25-18(26-33-19)11-31-15-9-7-14(24)8-10-15/h3-10,13,20H,11-12H2,1-2H3/t20-/m1/s1. The summed E-state index contributed by atoms with van der Waals surface area (Å²) in [5, 5.41) is 3.74. The first-order valence-electron chi connectivity index (χ1n) is 10.2. The molecule has 2 amide bonds. The lowest BCUT2D eigenvalue weighted by Gasteiger charge is -2.27. The third-order valence-corrected chi connectivity index (χ3v) is 5.01. The van der Waals surface area contributed by atoms with E-state index in [0.29, 0.717) is 5.75 Å². The molecule has 0 saturated heterocycles. The van der Waals surface area contributed by atoms with E-state index in [4.69, 9.17) is 14.0 Å². The molecule has 0 fully saturated rings. The molecule has 0 saturated carbocycles. The third kappa shape index (κ3) is 4.59. The molecule has 4 rings (SSSR count). The maximum absolute atomic E-state index is 12.9. The molecule has 0 bridgehead atoms. The highest BCUT2D eigenvalue weighted by Gasteiger charge is 2.44. The molecule has 1 atom stereocenters. The van der Waals surface area contributed by atoms with Gasteiger partial charge in [-0.1, -0.05) is 31.1 Å². The van der Waals surface area contributed by atoms with Gasteiger partial charge in [0.1, 0.15) is 17.6 Å². The number of carbonyl (C=O) groups is 3. The molecule has 0 N–H and O–H groups in total. The van der Waals surface area contributed by atoms with Crippen molar-refractivity contribution in [1.82, 2.24) is 15.0 Å². The van der Waals surface area contributed by atoms with Crippen LogP contribution in [0.3, 0.4) is 0 Å². The summed E-state index contributed by atoms with van der Waals surface area (Å²) in [6.45, 7) is 3.06. The molecule has 9 nitrogen and oxygen atoms in total. The average molecular weight is 453 g/mol. The van der Waals surface area contributed by atoms with Crippen LogP contribution in [-0.4, -0.2) is 38.9 Å². The second kappa shape index (κ2) is 9.19. The van der Waals surface area contributed by atoms with Crippen LogP contribution in [0.5, 0.6) is 5.75 Å². The van der Waals surface area contributed by atoms with Gasteiger partial charge in [-0.05, 0) is 42.3 Å². The molecule has 0 spiro atoms.